The first kappa shape index (κ1) is 12.8. The van der Waals surface area contributed by atoms with E-state index in [2.05, 4.69) is 66.9 Å². The molecular formula is C22H13NS. The van der Waals surface area contributed by atoms with E-state index in [9.17, 15) is 0 Å². The van der Waals surface area contributed by atoms with Crippen LogP contribution in [-0.4, -0.2) is 4.98 Å². The van der Waals surface area contributed by atoms with Crippen LogP contribution in [0, 0.1) is 0 Å². The zero-order valence-corrected chi connectivity index (χ0v) is 13.7. The van der Waals surface area contributed by atoms with Crippen molar-refractivity contribution in [3.8, 4) is 22.4 Å². The molecule has 6 rings (SSSR count). The minimum Gasteiger partial charge on any atom is -0.254 e. The Kier molecular flexibility index (Phi) is 2.39. The molecule has 0 fully saturated rings. The molecule has 0 unspecified atom stereocenters. The van der Waals surface area contributed by atoms with Crippen LogP contribution in [0.15, 0.2) is 76.7 Å². The highest BCUT2D eigenvalue weighted by atomic mass is 32.2. The highest BCUT2D eigenvalue weighted by Gasteiger charge is 2.26. The molecule has 1 aliphatic carbocycles. The standard InChI is InChI=1S/C22H13NS/c1-2-6-15-13(5-1)11-14-9-10-17-16-7-3-4-8-18(16)24-19-12-23-22(15)20(14)21(17)19/h1-10,12H,11H2. The summed E-state index contributed by atoms with van der Waals surface area (Å²) in [5.41, 5.74) is 7.91. The van der Waals surface area contributed by atoms with Gasteiger partial charge in [-0.3, -0.25) is 4.98 Å². The van der Waals surface area contributed by atoms with Crippen LogP contribution < -0.4 is 0 Å². The molecule has 0 N–H and O–H groups in total. The number of rotatable bonds is 0. The summed E-state index contributed by atoms with van der Waals surface area (Å²) in [4.78, 5) is 7.48. The molecule has 0 spiro atoms. The van der Waals surface area contributed by atoms with Gasteiger partial charge in [0.05, 0.1) is 5.69 Å². The number of pyridine rings is 1. The summed E-state index contributed by atoms with van der Waals surface area (Å²) in [7, 11) is 0. The van der Waals surface area contributed by atoms with Gasteiger partial charge >= 0.3 is 0 Å². The normalized spacial score (nSPS) is 13.5. The molecule has 3 aromatic carbocycles. The van der Waals surface area contributed by atoms with Crippen LogP contribution in [0.4, 0.5) is 0 Å². The Labute approximate surface area is 144 Å². The van der Waals surface area contributed by atoms with E-state index < -0.39 is 0 Å². The van der Waals surface area contributed by atoms with Gasteiger partial charge in [0.15, 0.2) is 0 Å². The Morgan fingerprint density at radius 1 is 0.667 bits per heavy atom. The average molecular weight is 323 g/mol. The van der Waals surface area contributed by atoms with Gasteiger partial charge in [0.1, 0.15) is 0 Å². The van der Waals surface area contributed by atoms with Crippen LogP contribution >= 0.6 is 11.8 Å². The fourth-order valence-corrected chi connectivity index (χ4v) is 5.18. The molecule has 2 aliphatic rings. The molecule has 1 aromatic heterocycles. The predicted molar refractivity (Wildman–Crippen MR) is 99.5 cm³/mol. The summed E-state index contributed by atoms with van der Waals surface area (Å²) in [6, 6.07) is 22.0. The van der Waals surface area contributed by atoms with Crippen molar-refractivity contribution in [1.29, 1.82) is 0 Å². The third-order valence-electron chi connectivity index (χ3n) is 5.14. The Bertz CT molecular complexity index is 1070. The molecule has 0 saturated heterocycles. The van der Waals surface area contributed by atoms with Crippen LogP contribution in [0.25, 0.3) is 33.2 Å². The van der Waals surface area contributed by atoms with Gasteiger partial charge in [-0.05, 0) is 34.7 Å². The maximum absolute atomic E-state index is 4.88. The zero-order valence-electron chi connectivity index (χ0n) is 12.9. The summed E-state index contributed by atoms with van der Waals surface area (Å²) in [5.74, 6) is 0. The maximum atomic E-state index is 4.88. The van der Waals surface area contributed by atoms with Gasteiger partial charge in [-0.25, -0.2) is 0 Å². The average Bonchev–Trinajstić information content (AvgIpc) is 2.65. The first-order chi connectivity index (χ1) is 11.9. The quantitative estimate of drug-likeness (QED) is 0.343. The molecule has 0 amide bonds. The van der Waals surface area contributed by atoms with E-state index in [1.807, 2.05) is 11.8 Å². The van der Waals surface area contributed by atoms with Crippen molar-refractivity contribution in [2.45, 2.75) is 16.2 Å². The second-order valence-corrected chi connectivity index (χ2v) is 7.51. The molecule has 0 atom stereocenters. The lowest BCUT2D eigenvalue weighted by Crippen LogP contribution is -2.05. The molecule has 2 heteroatoms. The number of benzene rings is 3. The van der Waals surface area contributed by atoms with Gasteiger partial charge in [0.2, 0.25) is 0 Å². The summed E-state index contributed by atoms with van der Waals surface area (Å²) in [6.07, 6.45) is 3.06. The molecule has 0 saturated carbocycles. The van der Waals surface area contributed by atoms with E-state index in [-0.39, 0.29) is 0 Å². The van der Waals surface area contributed by atoms with E-state index in [1.54, 1.807) is 0 Å². The first-order valence-electron chi connectivity index (χ1n) is 8.20. The van der Waals surface area contributed by atoms with Crippen LogP contribution in [0.2, 0.25) is 0 Å². The summed E-state index contributed by atoms with van der Waals surface area (Å²) in [5, 5.41) is 2.74. The lowest BCUT2D eigenvalue weighted by atomic mass is 9.84. The fraction of sp³-hybridized carbons (Fsp3) is 0.0455. The molecule has 1 aliphatic heterocycles. The number of aromatic nitrogens is 1. The van der Waals surface area contributed by atoms with Crippen molar-refractivity contribution in [2.75, 3.05) is 0 Å². The summed E-state index contributed by atoms with van der Waals surface area (Å²) in [6.45, 7) is 0. The molecule has 4 aromatic rings. The number of hydrogen-bond donors (Lipinski definition) is 0. The van der Waals surface area contributed by atoms with Crippen LogP contribution in [-0.2, 0) is 6.42 Å². The molecule has 112 valence electrons. The molecule has 24 heavy (non-hydrogen) atoms. The van der Waals surface area contributed by atoms with Gasteiger partial charge in [-0.15, -0.1) is 0 Å². The topological polar surface area (TPSA) is 12.9 Å². The van der Waals surface area contributed by atoms with Crippen LogP contribution in [0.3, 0.4) is 0 Å². The Morgan fingerprint density at radius 2 is 1.50 bits per heavy atom. The van der Waals surface area contributed by atoms with Gasteiger partial charge in [0.25, 0.3) is 0 Å². The number of hydrogen-bond acceptors (Lipinski definition) is 2. The van der Waals surface area contributed by atoms with Gasteiger partial charge in [-0.1, -0.05) is 66.4 Å². The fourth-order valence-electron chi connectivity index (χ4n) is 4.09. The Morgan fingerprint density at radius 3 is 2.46 bits per heavy atom. The predicted octanol–water partition coefficient (Wildman–Crippen LogP) is 5.94. The minimum atomic E-state index is 0.997. The molecule has 0 bridgehead atoms. The highest BCUT2D eigenvalue weighted by Crippen LogP contribution is 2.51. The van der Waals surface area contributed by atoms with Crippen molar-refractivity contribution in [2.24, 2.45) is 0 Å². The van der Waals surface area contributed by atoms with Gasteiger partial charge < -0.3 is 0 Å². The Hall–Kier alpha value is -2.58. The molecule has 1 nitrogen and oxygen atoms in total. The van der Waals surface area contributed by atoms with Gasteiger partial charge in [-0.2, -0.15) is 0 Å². The molecule has 0 radical (unpaired) electrons. The summed E-state index contributed by atoms with van der Waals surface area (Å²) >= 11 is 1.85. The second kappa shape index (κ2) is 4.49. The summed E-state index contributed by atoms with van der Waals surface area (Å²) < 4.78 is 0. The SMILES string of the molecule is c1ccc2c(c1)Cc1ccc3c4c(cnc-2c14)Sc1ccccc1-3. The van der Waals surface area contributed by atoms with Crippen LogP contribution in [0.5, 0.6) is 0 Å². The minimum absolute atomic E-state index is 0.997. The van der Waals surface area contributed by atoms with Crippen molar-refractivity contribution in [1.82, 2.24) is 4.98 Å². The molecular weight excluding hydrogens is 310 g/mol. The third kappa shape index (κ3) is 1.54. The lowest BCUT2D eigenvalue weighted by Gasteiger charge is -2.26. The van der Waals surface area contributed by atoms with E-state index in [0.29, 0.717) is 0 Å². The second-order valence-electron chi connectivity index (χ2n) is 6.43. The Balaban J connectivity index is 1.80. The zero-order chi connectivity index (χ0) is 15.7. The lowest BCUT2D eigenvalue weighted by molar-refractivity contribution is 1.16. The van der Waals surface area contributed by atoms with Crippen molar-refractivity contribution < 1.29 is 0 Å². The van der Waals surface area contributed by atoms with E-state index >= 15 is 0 Å². The smallest absolute Gasteiger partial charge is 0.0787 e. The number of fused-ring (bicyclic) bond motifs is 4. The first-order valence-corrected chi connectivity index (χ1v) is 9.02. The van der Waals surface area contributed by atoms with E-state index in [1.165, 1.54) is 48.4 Å². The monoisotopic (exact) mass is 323 g/mol. The van der Waals surface area contributed by atoms with Crippen LogP contribution in [0.1, 0.15) is 11.1 Å². The van der Waals surface area contributed by atoms with Crippen molar-refractivity contribution in [3.05, 3.63) is 78.0 Å². The number of nitrogens with zero attached hydrogens (tertiary/aromatic N) is 1. The van der Waals surface area contributed by atoms with Crippen molar-refractivity contribution >= 4 is 22.5 Å². The third-order valence-corrected chi connectivity index (χ3v) is 6.24. The van der Waals surface area contributed by atoms with E-state index in [4.69, 9.17) is 4.98 Å². The maximum Gasteiger partial charge on any atom is 0.0787 e. The van der Waals surface area contributed by atoms with Crippen molar-refractivity contribution in [3.63, 3.8) is 0 Å². The van der Waals surface area contributed by atoms with E-state index in [0.717, 1.165) is 12.1 Å². The highest BCUT2D eigenvalue weighted by molar-refractivity contribution is 7.99. The largest absolute Gasteiger partial charge is 0.254 e. The van der Waals surface area contributed by atoms with Gasteiger partial charge in [0, 0.05) is 32.3 Å². The molecule has 2 heterocycles.